The highest BCUT2D eigenvalue weighted by atomic mass is 16.5. The van der Waals surface area contributed by atoms with Crippen molar-refractivity contribution >= 4 is 5.91 Å². The van der Waals surface area contributed by atoms with Gasteiger partial charge in [0.25, 0.3) is 0 Å². The van der Waals surface area contributed by atoms with Crippen LogP contribution in [0.1, 0.15) is 30.9 Å². The molecule has 1 amide bonds. The maximum absolute atomic E-state index is 12.8. The standard InChI is InChI=1S/C18H23N5O2/c1-25-13-4-2-12(3-5-13)14-8-15(22-21-14)17(24)23-7-6-18(10-23)9-16(18)20-11-19/h2-5,14-16,20-22H,6-10H2,1H3/t14?,15?,16?,18-/m1/s1. The summed E-state index contributed by atoms with van der Waals surface area (Å²) in [5.41, 5.74) is 7.66. The topological polar surface area (TPSA) is 89.4 Å². The predicted octanol–water partition coefficient (Wildman–Crippen LogP) is 0.664. The molecule has 0 aromatic heterocycles. The quantitative estimate of drug-likeness (QED) is 0.551. The van der Waals surface area contributed by atoms with Crippen LogP contribution in [0.2, 0.25) is 0 Å². The highest BCUT2D eigenvalue weighted by molar-refractivity contribution is 5.82. The van der Waals surface area contributed by atoms with Crippen molar-refractivity contribution in [2.24, 2.45) is 5.41 Å². The molecule has 1 spiro atoms. The van der Waals surface area contributed by atoms with Gasteiger partial charge in [0, 0.05) is 30.6 Å². The zero-order chi connectivity index (χ0) is 17.4. The number of rotatable bonds is 4. The summed E-state index contributed by atoms with van der Waals surface area (Å²) in [7, 11) is 1.65. The molecule has 25 heavy (non-hydrogen) atoms. The first-order chi connectivity index (χ1) is 12.1. The van der Waals surface area contributed by atoms with Crippen molar-refractivity contribution in [3.63, 3.8) is 0 Å². The Bertz CT molecular complexity index is 700. The van der Waals surface area contributed by atoms with E-state index in [0.717, 1.165) is 43.7 Å². The van der Waals surface area contributed by atoms with Crippen LogP contribution in [0, 0.1) is 16.9 Å². The summed E-state index contributed by atoms with van der Waals surface area (Å²) in [6, 6.07) is 8.08. The monoisotopic (exact) mass is 341 g/mol. The summed E-state index contributed by atoms with van der Waals surface area (Å²) in [6.45, 7) is 1.55. The summed E-state index contributed by atoms with van der Waals surface area (Å²) in [6.07, 6.45) is 4.74. The molecule has 3 fully saturated rings. The second kappa shape index (κ2) is 6.21. The van der Waals surface area contributed by atoms with E-state index in [0.29, 0.717) is 0 Å². The number of nitriles is 1. The molecular formula is C18H23N5O2. The number of likely N-dealkylation sites (tertiary alicyclic amines) is 1. The minimum atomic E-state index is -0.205. The number of hydrazine groups is 1. The van der Waals surface area contributed by atoms with Gasteiger partial charge in [0.05, 0.1) is 7.11 Å². The predicted molar refractivity (Wildman–Crippen MR) is 91.2 cm³/mol. The van der Waals surface area contributed by atoms with Gasteiger partial charge in [-0.25, -0.2) is 10.9 Å². The summed E-state index contributed by atoms with van der Waals surface area (Å²) < 4.78 is 5.19. The molecule has 132 valence electrons. The highest BCUT2D eigenvalue weighted by Crippen LogP contribution is 2.53. The first kappa shape index (κ1) is 16.2. The lowest BCUT2D eigenvalue weighted by atomic mass is 10.0. The summed E-state index contributed by atoms with van der Waals surface area (Å²) in [5.74, 6) is 0.984. The number of nitrogens with one attached hydrogen (secondary N) is 3. The van der Waals surface area contributed by atoms with E-state index in [4.69, 9.17) is 10.00 Å². The van der Waals surface area contributed by atoms with Crippen molar-refractivity contribution in [1.82, 2.24) is 21.1 Å². The van der Waals surface area contributed by atoms with Gasteiger partial charge in [-0.1, -0.05) is 12.1 Å². The van der Waals surface area contributed by atoms with Crippen LogP contribution >= 0.6 is 0 Å². The third-order valence-corrected chi connectivity index (χ3v) is 5.85. The first-order valence-corrected chi connectivity index (χ1v) is 8.73. The number of hydrogen-bond donors (Lipinski definition) is 3. The van der Waals surface area contributed by atoms with Crippen molar-refractivity contribution in [2.45, 2.75) is 37.4 Å². The molecule has 3 N–H and O–H groups in total. The molecule has 1 aromatic rings. The molecule has 1 aliphatic carbocycles. The normalized spacial score (nSPS) is 33.3. The lowest BCUT2D eigenvalue weighted by molar-refractivity contribution is -0.132. The maximum Gasteiger partial charge on any atom is 0.241 e. The molecule has 2 heterocycles. The van der Waals surface area contributed by atoms with E-state index in [9.17, 15) is 4.79 Å². The average molecular weight is 341 g/mol. The Hall–Kier alpha value is -2.30. The van der Waals surface area contributed by atoms with Gasteiger partial charge in [-0.2, -0.15) is 5.26 Å². The van der Waals surface area contributed by atoms with Gasteiger partial charge in [0.15, 0.2) is 6.19 Å². The number of nitrogens with zero attached hydrogens (tertiary/aromatic N) is 2. The van der Waals surface area contributed by atoms with Crippen molar-refractivity contribution in [2.75, 3.05) is 20.2 Å². The molecule has 0 radical (unpaired) electrons. The van der Waals surface area contributed by atoms with E-state index >= 15 is 0 Å². The minimum Gasteiger partial charge on any atom is -0.497 e. The second-order valence-corrected chi connectivity index (χ2v) is 7.29. The SMILES string of the molecule is COc1ccc(C2CC(C(=O)N3CC[C@@]4(CC4NC#N)C3)NN2)cc1. The third kappa shape index (κ3) is 2.92. The average Bonchev–Trinajstić information content (AvgIpc) is 3.00. The number of ether oxygens (including phenoxy) is 1. The number of hydrogen-bond acceptors (Lipinski definition) is 6. The van der Waals surface area contributed by atoms with E-state index in [1.54, 1.807) is 7.11 Å². The number of benzene rings is 1. The van der Waals surface area contributed by atoms with Gasteiger partial charge in [0.2, 0.25) is 5.91 Å². The van der Waals surface area contributed by atoms with E-state index in [2.05, 4.69) is 16.2 Å². The fraction of sp³-hybridized carbons (Fsp3) is 0.556. The van der Waals surface area contributed by atoms with Crippen molar-refractivity contribution < 1.29 is 9.53 Å². The Morgan fingerprint density at radius 2 is 2.20 bits per heavy atom. The van der Waals surface area contributed by atoms with Crippen LogP contribution in [0.25, 0.3) is 0 Å². The second-order valence-electron chi connectivity index (χ2n) is 7.29. The summed E-state index contributed by atoms with van der Waals surface area (Å²) in [4.78, 5) is 14.8. The fourth-order valence-electron chi connectivity index (χ4n) is 4.16. The van der Waals surface area contributed by atoms with Crippen molar-refractivity contribution in [1.29, 1.82) is 5.26 Å². The molecule has 7 heteroatoms. The van der Waals surface area contributed by atoms with Crippen molar-refractivity contribution in [3.05, 3.63) is 29.8 Å². The lowest BCUT2D eigenvalue weighted by Gasteiger charge is -2.20. The minimum absolute atomic E-state index is 0.116. The molecule has 4 atom stereocenters. The first-order valence-electron chi connectivity index (χ1n) is 8.73. The van der Waals surface area contributed by atoms with Gasteiger partial charge < -0.3 is 15.0 Å². The van der Waals surface area contributed by atoms with Crippen LogP contribution in [0.5, 0.6) is 5.75 Å². The van der Waals surface area contributed by atoms with E-state index in [1.165, 1.54) is 0 Å². The zero-order valence-electron chi connectivity index (χ0n) is 14.3. The van der Waals surface area contributed by atoms with Gasteiger partial charge in [0.1, 0.15) is 11.8 Å². The van der Waals surface area contributed by atoms with Gasteiger partial charge in [-0.15, -0.1) is 0 Å². The van der Waals surface area contributed by atoms with Gasteiger partial charge in [-0.05, 0) is 37.0 Å². The molecule has 0 bridgehead atoms. The Balaban J connectivity index is 1.34. The van der Waals surface area contributed by atoms with Gasteiger partial charge in [-0.3, -0.25) is 4.79 Å². The number of carbonyl (C=O) groups excluding carboxylic acids is 1. The molecule has 4 rings (SSSR count). The Morgan fingerprint density at radius 3 is 2.92 bits per heavy atom. The molecule has 7 nitrogen and oxygen atoms in total. The largest absolute Gasteiger partial charge is 0.497 e. The maximum atomic E-state index is 12.8. The summed E-state index contributed by atoms with van der Waals surface area (Å²) in [5, 5.41) is 11.6. The van der Waals surface area contributed by atoms with E-state index in [-0.39, 0.29) is 29.4 Å². The van der Waals surface area contributed by atoms with Crippen LogP contribution in [0.15, 0.2) is 24.3 Å². The molecule has 1 saturated carbocycles. The number of amides is 1. The zero-order valence-corrected chi connectivity index (χ0v) is 14.3. The van der Waals surface area contributed by atoms with Crippen LogP contribution in [-0.4, -0.2) is 43.1 Å². The Kier molecular flexibility index (Phi) is 4.02. The number of carbonyl (C=O) groups is 1. The van der Waals surface area contributed by atoms with Crippen LogP contribution < -0.4 is 20.9 Å². The molecular weight excluding hydrogens is 318 g/mol. The van der Waals surface area contributed by atoms with Crippen LogP contribution in [0.3, 0.4) is 0 Å². The molecule has 3 aliphatic rings. The lowest BCUT2D eigenvalue weighted by Crippen LogP contribution is -2.45. The molecule has 1 aromatic carbocycles. The third-order valence-electron chi connectivity index (χ3n) is 5.85. The number of methoxy groups -OCH3 is 1. The smallest absolute Gasteiger partial charge is 0.241 e. The van der Waals surface area contributed by atoms with Crippen molar-refractivity contribution in [3.8, 4) is 11.9 Å². The molecule has 3 unspecified atom stereocenters. The summed E-state index contributed by atoms with van der Waals surface area (Å²) >= 11 is 0. The Labute approximate surface area is 147 Å². The Morgan fingerprint density at radius 1 is 1.40 bits per heavy atom. The van der Waals surface area contributed by atoms with E-state index in [1.807, 2.05) is 35.4 Å². The highest BCUT2D eigenvalue weighted by Gasteiger charge is 2.58. The molecule has 2 aliphatic heterocycles. The van der Waals surface area contributed by atoms with Gasteiger partial charge >= 0.3 is 0 Å². The van der Waals surface area contributed by atoms with Crippen LogP contribution in [-0.2, 0) is 4.79 Å². The molecule has 2 saturated heterocycles. The fourth-order valence-corrected chi connectivity index (χ4v) is 4.16. The van der Waals surface area contributed by atoms with Crippen LogP contribution in [0.4, 0.5) is 0 Å². The van der Waals surface area contributed by atoms with E-state index < -0.39 is 0 Å².